The molecule has 1 saturated heterocycles. The Morgan fingerprint density at radius 2 is 1.90 bits per heavy atom. The number of aliphatic imine (C=N–C) groups is 1. The normalized spacial score (nSPS) is 16.0. The van der Waals surface area contributed by atoms with Gasteiger partial charge in [0.25, 0.3) is 0 Å². The van der Waals surface area contributed by atoms with E-state index in [1.165, 1.54) is 12.8 Å². The summed E-state index contributed by atoms with van der Waals surface area (Å²) < 4.78 is 10.8. The molecule has 0 bridgehead atoms. The Balaban J connectivity index is 0.00000480. The van der Waals surface area contributed by atoms with Crippen molar-refractivity contribution in [3.8, 4) is 11.5 Å². The van der Waals surface area contributed by atoms with Gasteiger partial charge in [-0.3, -0.25) is 9.89 Å². The van der Waals surface area contributed by atoms with E-state index in [-0.39, 0.29) is 29.7 Å². The third-order valence-corrected chi connectivity index (χ3v) is 5.84. The van der Waals surface area contributed by atoms with Gasteiger partial charge >= 0.3 is 0 Å². The lowest BCUT2D eigenvalue weighted by Gasteiger charge is -2.38. The van der Waals surface area contributed by atoms with Crippen molar-refractivity contribution >= 4 is 29.9 Å². The molecular formula is C23H41IN4O3. The molecule has 0 aromatic heterocycles. The van der Waals surface area contributed by atoms with Crippen LogP contribution in [-0.2, 0) is 11.2 Å². The molecule has 7 nitrogen and oxygen atoms in total. The number of guanidine groups is 1. The minimum atomic E-state index is 0. The number of morpholine rings is 1. The minimum Gasteiger partial charge on any atom is -0.504 e. The Labute approximate surface area is 205 Å². The van der Waals surface area contributed by atoms with Crippen LogP contribution in [0.2, 0.25) is 0 Å². The highest BCUT2D eigenvalue weighted by atomic mass is 127. The molecule has 1 aliphatic heterocycles. The van der Waals surface area contributed by atoms with Crippen molar-refractivity contribution in [3.63, 3.8) is 0 Å². The number of methoxy groups -OCH3 is 1. The van der Waals surface area contributed by atoms with E-state index in [2.05, 4.69) is 36.3 Å². The highest BCUT2D eigenvalue weighted by Gasteiger charge is 2.26. The predicted octanol–water partition coefficient (Wildman–Crippen LogP) is 3.25. The van der Waals surface area contributed by atoms with Gasteiger partial charge in [0, 0.05) is 32.2 Å². The van der Waals surface area contributed by atoms with Gasteiger partial charge in [0.2, 0.25) is 0 Å². The van der Waals surface area contributed by atoms with Crippen LogP contribution in [0.3, 0.4) is 0 Å². The van der Waals surface area contributed by atoms with Gasteiger partial charge in [-0.25, -0.2) is 0 Å². The number of benzene rings is 1. The summed E-state index contributed by atoms with van der Waals surface area (Å²) >= 11 is 0. The molecule has 1 aliphatic rings. The van der Waals surface area contributed by atoms with E-state index in [1.54, 1.807) is 13.2 Å². The largest absolute Gasteiger partial charge is 0.504 e. The summed E-state index contributed by atoms with van der Waals surface area (Å²) in [5.41, 5.74) is 1.11. The summed E-state index contributed by atoms with van der Waals surface area (Å²) in [6.07, 6.45) is 3.15. The SMILES string of the molecule is CCNC(=NCC(C(CC)CC)N1CCOCC1)NCCc1ccc(O)c(OC)c1.I. The first-order valence-electron chi connectivity index (χ1n) is 11.3. The Kier molecular flexibility index (Phi) is 13.9. The number of phenols is 1. The molecule has 1 aromatic rings. The van der Waals surface area contributed by atoms with Crippen LogP contribution in [0.5, 0.6) is 11.5 Å². The molecule has 0 amide bonds. The summed E-state index contributed by atoms with van der Waals surface area (Å²) in [4.78, 5) is 7.48. The standard InChI is InChI=1S/C23H40N4O3.HI/c1-5-19(6-2)20(27-12-14-30-15-13-27)17-26-23(24-7-3)25-11-10-18-8-9-21(28)22(16-18)29-4;/h8-9,16,19-20,28H,5-7,10-15,17H2,1-4H3,(H2,24,25,26);1H. The summed E-state index contributed by atoms with van der Waals surface area (Å²) in [5.74, 6) is 2.16. The number of nitrogens with zero attached hydrogens (tertiary/aromatic N) is 2. The second-order valence-electron chi connectivity index (χ2n) is 7.69. The lowest BCUT2D eigenvalue weighted by Crippen LogP contribution is -2.49. The maximum atomic E-state index is 9.75. The summed E-state index contributed by atoms with van der Waals surface area (Å²) in [6, 6.07) is 5.92. The number of nitrogens with one attached hydrogen (secondary N) is 2. The number of halogens is 1. The van der Waals surface area contributed by atoms with Gasteiger partial charge < -0.3 is 25.2 Å². The molecule has 31 heavy (non-hydrogen) atoms. The van der Waals surface area contributed by atoms with Crippen molar-refractivity contribution in [3.05, 3.63) is 23.8 Å². The third kappa shape index (κ3) is 9.02. The molecule has 8 heteroatoms. The van der Waals surface area contributed by atoms with Crippen molar-refractivity contribution < 1.29 is 14.6 Å². The topological polar surface area (TPSA) is 78.4 Å². The summed E-state index contributed by atoms with van der Waals surface area (Å²) in [7, 11) is 1.57. The summed E-state index contributed by atoms with van der Waals surface area (Å²) in [5, 5.41) is 16.6. The summed E-state index contributed by atoms with van der Waals surface area (Å²) in [6.45, 7) is 12.6. The third-order valence-electron chi connectivity index (χ3n) is 5.84. The molecule has 2 rings (SSSR count). The van der Waals surface area contributed by atoms with E-state index in [4.69, 9.17) is 14.5 Å². The number of hydrogen-bond acceptors (Lipinski definition) is 5. The van der Waals surface area contributed by atoms with Crippen LogP contribution in [0.15, 0.2) is 23.2 Å². The van der Waals surface area contributed by atoms with Gasteiger partial charge in [-0.05, 0) is 37.0 Å². The fourth-order valence-electron chi connectivity index (χ4n) is 4.03. The Bertz CT molecular complexity index is 650. The van der Waals surface area contributed by atoms with Crippen LogP contribution in [0.25, 0.3) is 0 Å². The van der Waals surface area contributed by atoms with Gasteiger partial charge in [-0.15, -0.1) is 24.0 Å². The lowest BCUT2D eigenvalue weighted by molar-refractivity contribution is 0.00395. The highest BCUT2D eigenvalue weighted by molar-refractivity contribution is 14.0. The van der Waals surface area contributed by atoms with Crippen LogP contribution in [0.4, 0.5) is 0 Å². The van der Waals surface area contributed by atoms with Crippen molar-refractivity contribution in [1.82, 2.24) is 15.5 Å². The second-order valence-corrected chi connectivity index (χ2v) is 7.69. The predicted molar refractivity (Wildman–Crippen MR) is 138 cm³/mol. The number of aromatic hydroxyl groups is 1. The van der Waals surface area contributed by atoms with Gasteiger partial charge in [-0.1, -0.05) is 32.8 Å². The maximum Gasteiger partial charge on any atom is 0.191 e. The van der Waals surface area contributed by atoms with E-state index in [0.717, 1.165) is 63.9 Å². The molecule has 178 valence electrons. The minimum absolute atomic E-state index is 0. The Hall–Kier alpha value is -1.26. The molecule has 1 aromatic carbocycles. The quantitative estimate of drug-likeness (QED) is 0.224. The van der Waals surface area contributed by atoms with Gasteiger partial charge in [-0.2, -0.15) is 0 Å². The van der Waals surface area contributed by atoms with E-state index in [9.17, 15) is 5.11 Å². The first kappa shape index (κ1) is 27.8. The van der Waals surface area contributed by atoms with Crippen LogP contribution >= 0.6 is 24.0 Å². The number of hydrogen-bond donors (Lipinski definition) is 3. The zero-order valence-corrected chi connectivity index (χ0v) is 21.9. The second kappa shape index (κ2) is 15.5. The average Bonchev–Trinajstić information content (AvgIpc) is 2.78. The molecule has 0 radical (unpaired) electrons. The van der Waals surface area contributed by atoms with E-state index >= 15 is 0 Å². The molecule has 1 unspecified atom stereocenters. The number of phenolic OH excluding ortho intramolecular Hbond substituents is 1. The molecule has 1 fully saturated rings. The Morgan fingerprint density at radius 1 is 1.19 bits per heavy atom. The zero-order chi connectivity index (χ0) is 21.8. The molecule has 3 N–H and O–H groups in total. The molecule has 0 saturated carbocycles. The molecular weight excluding hydrogens is 507 g/mol. The van der Waals surface area contributed by atoms with Crippen molar-refractivity contribution in [2.45, 2.75) is 46.1 Å². The van der Waals surface area contributed by atoms with Crippen molar-refractivity contribution in [2.24, 2.45) is 10.9 Å². The van der Waals surface area contributed by atoms with Gasteiger partial charge in [0.1, 0.15) is 0 Å². The molecule has 1 heterocycles. The van der Waals surface area contributed by atoms with E-state index in [0.29, 0.717) is 17.7 Å². The number of ether oxygens (including phenoxy) is 2. The zero-order valence-electron chi connectivity index (χ0n) is 19.5. The van der Waals surface area contributed by atoms with Crippen LogP contribution in [0, 0.1) is 5.92 Å². The maximum absolute atomic E-state index is 9.75. The van der Waals surface area contributed by atoms with Crippen LogP contribution < -0.4 is 15.4 Å². The van der Waals surface area contributed by atoms with E-state index in [1.807, 2.05) is 12.1 Å². The molecule has 1 atom stereocenters. The van der Waals surface area contributed by atoms with Crippen molar-refractivity contribution in [2.75, 3.05) is 53.0 Å². The number of rotatable bonds is 11. The van der Waals surface area contributed by atoms with E-state index < -0.39 is 0 Å². The first-order chi connectivity index (χ1) is 14.6. The van der Waals surface area contributed by atoms with Gasteiger partial charge in [0.15, 0.2) is 17.5 Å². The fraction of sp³-hybridized carbons (Fsp3) is 0.696. The first-order valence-corrected chi connectivity index (χ1v) is 11.3. The highest BCUT2D eigenvalue weighted by Crippen LogP contribution is 2.26. The molecule has 0 aliphatic carbocycles. The van der Waals surface area contributed by atoms with Crippen LogP contribution in [0.1, 0.15) is 39.2 Å². The molecule has 0 spiro atoms. The van der Waals surface area contributed by atoms with Crippen LogP contribution in [-0.4, -0.2) is 75.1 Å². The Morgan fingerprint density at radius 3 is 2.52 bits per heavy atom. The average molecular weight is 549 g/mol. The monoisotopic (exact) mass is 548 g/mol. The van der Waals surface area contributed by atoms with Gasteiger partial charge in [0.05, 0.1) is 26.9 Å². The smallest absolute Gasteiger partial charge is 0.191 e. The lowest BCUT2D eigenvalue weighted by atomic mass is 9.92. The van der Waals surface area contributed by atoms with Crippen molar-refractivity contribution in [1.29, 1.82) is 0 Å². The fourth-order valence-corrected chi connectivity index (χ4v) is 4.03.